The summed E-state index contributed by atoms with van der Waals surface area (Å²) >= 11 is 0. The zero-order chi connectivity index (χ0) is 13.8. The van der Waals surface area contributed by atoms with Crippen molar-refractivity contribution in [3.05, 3.63) is 29.8 Å². The summed E-state index contributed by atoms with van der Waals surface area (Å²) < 4.78 is 24.5. The molecule has 0 saturated heterocycles. The molecule has 0 radical (unpaired) electrons. The molecule has 0 aromatic heterocycles. The fourth-order valence-corrected chi connectivity index (χ4v) is 2.54. The zero-order valence-electron chi connectivity index (χ0n) is 10.5. The Morgan fingerprint density at radius 1 is 1.39 bits per heavy atom. The van der Waals surface area contributed by atoms with E-state index in [0.29, 0.717) is 17.7 Å². The number of sulfonamides is 1. The molecule has 100 valence electrons. The number of Topliss-reactive ketones (excluding diaryl/α,β-unsaturated/α-hetero) is 1. The molecule has 0 amide bonds. The molecule has 0 spiro atoms. The van der Waals surface area contributed by atoms with Crippen molar-refractivity contribution >= 4 is 21.5 Å². The molecule has 0 unspecified atom stereocenters. The number of aliphatic hydroxyl groups excluding tert-OH is 1. The number of nitrogens with zero attached hydrogens (tertiary/aromatic N) is 1. The molecule has 1 aromatic carbocycles. The topological polar surface area (TPSA) is 74.7 Å². The predicted molar refractivity (Wildman–Crippen MR) is 70.3 cm³/mol. The van der Waals surface area contributed by atoms with E-state index in [1.807, 2.05) is 0 Å². The van der Waals surface area contributed by atoms with Crippen LogP contribution in [0.25, 0.3) is 0 Å². The third kappa shape index (κ3) is 3.82. The summed E-state index contributed by atoms with van der Waals surface area (Å²) in [5.41, 5.74) is 0.906. The Balaban J connectivity index is 3.13. The van der Waals surface area contributed by atoms with Gasteiger partial charge in [0.05, 0.1) is 11.9 Å². The quantitative estimate of drug-likeness (QED) is 0.784. The second kappa shape index (κ2) is 5.97. The van der Waals surface area contributed by atoms with Crippen molar-refractivity contribution in [2.24, 2.45) is 0 Å². The minimum Gasteiger partial charge on any atom is -0.396 e. The molecule has 18 heavy (non-hydrogen) atoms. The van der Waals surface area contributed by atoms with Crippen LogP contribution >= 0.6 is 0 Å². The lowest BCUT2D eigenvalue weighted by Gasteiger charge is -2.22. The first-order valence-electron chi connectivity index (χ1n) is 5.56. The van der Waals surface area contributed by atoms with E-state index in [4.69, 9.17) is 5.11 Å². The van der Waals surface area contributed by atoms with Crippen LogP contribution in [-0.4, -0.2) is 38.7 Å². The number of rotatable bonds is 6. The summed E-state index contributed by atoms with van der Waals surface area (Å²) in [5, 5.41) is 8.79. The van der Waals surface area contributed by atoms with Crippen LogP contribution in [0.5, 0.6) is 0 Å². The van der Waals surface area contributed by atoms with Crippen molar-refractivity contribution in [3.8, 4) is 0 Å². The average molecular weight is 271 g/mol. The number of carbonyl (C=O) groups is 1. The Morgan fingerprint density at radius 3 is 2.56 bits per heavy atom. The van der Waals surface area contributed by atoms with Gasteiger partial charge in [0.15, 0.2) is 5.78 Å². The van der Waals surface area contributed by atoms with Gasteiger partial charge in [-0.25, -0.2) is 8.42 Å². The van der Waals surface area contributed by atoms with Gasteiger partial charge >= 0.3 is 0 Å². The first kappa shape index (κ1) is 14.7. The molecule has 0 atom stereocenters. The smallest absolute Gasteiger partial charge is 0.232 e. The van der Waals surface area contributed by atoms with Crippen molar-refractivity contribution in [1.29, 1.82) is 0 Å². The maximum Gasteiger partial charge on any atom is 0.232 e. The molecule has 1 aromatic rings. The summed E-state index contributed by atoms with van der Waals surface area (Å²) in [7, 11) is -3.42. The molecule has 1 N–H and O–H groups in total. The predicted octanol–water partition coefficient (Wildman–Crippen LogP) is 1.04. The van der Waals surface area contributed by atoms with Gasteiger partial charge in [-0.2, -0.15) is 0 Å². The molecule has 0 bridgehead atoms. The average Bonchev–Trinajstić information content (AvgIpc) is 2.28. The lowest BCUT2D eigenvalue weighted by atomic mass is 10.1. The van der Waals surface area contributed by atoms with E-state index in [1.165, 1.54) is 11.2 Å². The lowest BCUT2D eigenvalue weighted by molar-refractivity contribution is 0.101. The van der Waals surface area contributed by atoms with Crippen LogP contribution in [0.2, 0.25) is 0 Å². The highest BCUT2D eigenvalue weighted by atomic mass is 32.2. The first-order valence-corrected chi connectivity index (χ1v) is 7.40. The second-order valence-electron chi connectivity index (χ2n) is 4.02. The van der Waals surface area contributed by atoms with E-state index >= 15 is 0 Å². The van der Waals surface area contributed by atoms with E-state index in [0.717, 1.165) is 6.26 Å². The fraction of sp³-hybridized carbons (Fsp3) is 0.417. The Bertz CT molecular complexity index is 525. The van der Waals surface area contributed by atoms with Crippen LogP contribution in [0.3, 0.4) is 0 Å². The van der Waals surface area contributed by atoms with Crippen LogP contribution in [0.15, 0.2) is 24.3 Å². The minimum atomic E-state index is -3.42. The van der Waals surface area contributed by atoms with E-state index in [2.05, 4.69) is 0 Å². The van der Waals surface area contributed by atoms with Crippen molar-refractivity contribution < 1.29 is 18.3 Å². The van der Waals surface area contributed by atoms with Gasteiger partial charge in [-0.05, 0) is 25.5 Å². The van der Waals surface area contributed by atoms with Gasteiger partial charge in [-0.3, -0.25) is 9.10 Å². The molecule has 0 fully saturated rings. The Kier molecular flexibility index (Phi) is 4.86. The molecule has 5 nitrogen and oxygen atoms in total. The number of benzene rings is 1. The van der Waals surface area contributed by atoms with Gasteiger partial charge in [0, 0.05) is 18.7 Å². The molecule has 1 rings (SSSR count). The zero-order valence-corrected chi connectivity index (χ0v) is 11.3. The standard InChI is InChI=1S/C12H17NO4S/c1-10(15)11-5-3-6-12(9-11)13(7-4-8-14)18(2,16)17/h3,5-6,9,14H,4,7-8H2,1-2H3. The Labute approximate surface area is 107 Å². The van der Waals surface area contributed by atoms with Crippen molar-refractivity contribution in [2.45, 2.75) is 13.3 Å². The number of ketones is 1. The Morgan fingerprint density at radius 2 is 2.06 bits per heavy atom. The van der Waals surface area contributed by atoms with Gasteiger partial charge in [-0.1, -0.05) is 12.1 Å². The second-order valence-corrected chi connectivity index (χ2v) is 5.93. The minimum absolute atomic E-state index is 0.0849. The first-order chi connectivity index (χ1) is 8.36. The summed E-state index contributed by atoms with van der Waals surface area (Å²) in [6.07, 6.45) is 1.45. The van der Waals surface area contributed by atoms with Crippen LogP contribution < -0.4 is 4.31 Å². The molecule has 0 saturated carbocycles. The highest BCUT2D eigenvalue weighted by molar-refractivity contribution is 7.92. The SMILES string of the molecule is CC(=O)c1cccc(N(CCCO)S(C)(=O)=O)c1. The van der Waals surface area contributed by atoms with Gasteiger partial charge in [0.25, 0.3) is 0 Å². The summed E-state index contributed by atoms with van der Waals surface area (Å²) in [6, 6.07) is 6.45. The highest BCUT2D eigenvalue weighted by Gasteiger charge is 2.17. The molecular formula is C12H17NO4S. The van der Waals surface area contributed by atoms with Crippen molar-refractivity contribution in [2.75, 3.05) is 23.7 Å². The summed E-state index contributed by atoms with van der Waals surface area (Å²) in [6.45, 7) is 1.53. The van der Waals surface area contributed by atoms with Crippen LogP contribution in [-0.2, 0) is 10.0 Å². The maximum absolute atomic E-state index is 11.7. The molecule has 0 aliphatic heterocycles. The van der Waals surface area contributed by atoms with Crippen molar-refractivity contribution in [1.82, 2.24) is 0 Å². The molecular weight excluding hydrogens is 254 g/mol. The van der Waals surface area contributed by atoms with Gasteiger partial charge < -0.3 is 5.11 Å². The number of aliphatic hydroxyl groups is 1. The molecule has 0 aliphatic rings. The van der Waals surface area contributed by atoms with Gasteiger partial charge in [-0.15, -0.1) is 0 Å². The van der Waals surface area contributed by atoms with Crippen molar-refractivity contribution in [3.63, 3.8) is 0 Å². The number of carbonyl (C=O) groups excluding carboxylic acids is 1. The largest absolute Gasteiger partial charge is 0.396 e. The molecule has 0 heterocycles. The van der Waals surface area contributed by atoms with Crippen LogP contribution in [0, 0.1) is 0 Å². The third-order valence-corrected chi connectivity index (χ3v) is 3.65. The van der Waals surface area contributed by atoms with E-state index in [1.54, 1.807) is 24.3 Å². The highest BCUT2D eigenvalue weighted by Crippen LogP contribution is 2.19. The number of hydrogen-bond acceptors (Lipinski definition) is 4. The van der Waals surface area contributed by atoms with E-state index < -0.39 is 10.0 Å². The number of anilines is 1. The van der Waals surface area contributed by atoms with Crippen LogP contribution in [0.4, 0.5) is 5.69 Å². The maximum atomic E-state index is 11.7. The molecule has 0 aliphatic carbocycles. The lowest BCUT2D eigenvalue weighted by Crippen LogP contribution is -2.31. The summed E-state index contributed by atoms with van der Waals surface area (Å²) in [4.78, 5) is 11.3. The summed E-state index contributed by atoms with van der Waals surface area (Å²) in [5.74, 6) is -0.118. The normalized spacial score (nSPS) is 11.3. The molecule has 6 heteroatoms. The van der Waals surface area contributed by atoms with E-state index in [9.17, 15) is 13.2 Å². The Hall–Kier alpha value is -1.40. The third-order valence-electron chi connectivity index (χ3n) is 2.46. The fourth-order valence-electron chi connectivity index (χ4n) is 1.58. The monoisotopic (exact) mass is 271 g/mol. The van der Waals surface area contributed by atoms with E-state index in [-0.39, 0.29) is 18.9 Å². The van der Waals surface area contributed by atoms with Gasteiger partial charge in [0.2, 0.25) is 10.0 Å². The van der Waals surface area contributed by atoms with Crippen LogP contribution in [0.1, 0.15) is 23.7 Å². The number of hydrogen-bond donors (Lipinski definition) is 1. The van der Waals surface area contributed by atoms with Gasteiger partial charge in [0.1, 0.15) is 0 Å².